The van der Waals surface area contributed by atoms with Crippen LogP contribution in [-0.4, -0.2) is 57.5 Å². The van der Waals surface area contributed by atoms with Crippen molar-refractivity contribution >= 4 is 11.9 Å². The highest BCUT2D eigenvalue weighted by atomic mass is 16.2. The molecule has 0 radical (unpaired) electrons. The smallest absolute Gasteiger partial charge is 0.234 e. The fourth-order valence-electron chi connectivity index (χ4n) is 3.95. The molecule has 2 N–H and O–H groups in total. The molecule has 4 rings (SSSR count). The second-order valence-electron chi connectivity index (χ2n) is 7.41. The predicted molar refractivity (Wildman–Crippen MR) is 104 cm³/mol. The van der Waals surface area contributed by atoms with Gasteiger partial charge in [-0.15, -0.1) is 0 Å². The molecule has 142 valence electrons. The number of carbonyl (C=O) groups excluding carboxylic acids is 1. The van der Waals surface area contributed by atoms with E-state index in [1.165, 1.54) is 12.8 Å². The molecule has 1 aliphatic heterocycles. The molecule has 2 aromatic rings. The summed E-state index contributed by atoms with van der Waals surface area (Å²) in [5.74, 6) is 0.780. The number of carbonyl (C=O) groups is 1. The molecule has 3 heterocycles. The molecule has 1 saturated carbocycles. The van der Waals surface area contributed by atoms with Crippen LogP contribution in [0.3, 0.4) is 0 Å². The largest absolute Gasteiger partial charge is 0.352 e. The minimum absolute atomic E-state index is 0.150. The lowest BCUT2D eigenvalue weighted by Gasteiger charge is -2.18. The first kappa shape index (κ1) is 17.9. The summed E-state index contributed by atoms with van der Waals surface area (Å²) in [6.45, 7) is 2.63. The molecule has 1 aliphatic carbocycles. The van der Waals surface area contributed by atoms with E-state index in [1.807, 2.05) is 18.2 Å². The summed E-state index contributed by atoms with van der Waals surface area (Å²) in [5, 5.41) is 6.61. The number of aromatic nitrogens is 3. The Bertz CT molecular complexity index is 762. The maximum Gasteiger partial charge on any atom is 0.234 e. The summed E-state index contributed by atoms with van der Waals surface area (Å²) < 4.78 is 0. The van der Waals surface area contributed by atoms with Crippen LogP contribution in [0.2, 0.25) is 0 Å². The van der Waals surface area contributed by atoms with Gasteiger partial charge in [0.15, 0.2) is 0 Å². The first-order chi connectivity index (χ1) is 13.3. The zero-order valence-corrected chi connectivity index (χ0v) is 15.5. The zero-order valence-electron chi connectivity index (χ0n) is 15.5. The van der Waals surface area contributed by atoms with Gasteiger partial charge in [-0.2, -0.15) is 0 Å². The Morgan fingerprint density at radius 3 is 2.81 bits per heavy atom. The van der Waals surface area contributed by atoms with E-state index in [-0.39, 0.29) is 18.0 Å². The summed E-state index contributed by atoms with van der Waals surface area (Å²) in [6.07, 6.45) is 10.6. The van der Waals surface area contributed by atoms with Crippen LogP contribution in [0.25, 0.3) is 11.3 Å². The maximum atomic E-state index is 12.2. The Morgan fingerprint density at radius 2 is 2.00 bits per heavy atom. The van der Waals surface area contributed by atoms with Crippen molar-refractivity contribution in [3.63, 3.8) is 0 Å². The summed E-state index contributed by atoms with van der Waals surface area (Å²) in [4.78, 5) is 27.5. The van der Waals surface area contributed by atoms with Crippen molar-refractivity contribution in [3.05, 3.63) is 36.8 Å². The van der Waals surface area contributed by atoms with E-state index in [0.29, 0.717) is 12.5 Å². The van der Waals surface area contributed by atoms with E-state index in [1.54, 1.807) is 18.6 Å². The van der Waals surface area contributed by atoms with E-state index in [4.69, 9.17) is 0 Å². The van der Waals surface area contributed by atoms with Crippen molar-refractivity contribution in [2.45, 2.75) is 44.2 Å². The quantitative estimate of drug-likeness (QED) is 0.814. The van der Waals surface area contributed by atoms with Gasteiger partial charge in [0.1, 0.15) is 0 Å². The molecule has 0 bridgehead atoms. The number of pyridine rings is 1. The third-order valence-electron chi connectivity index (χ3n) is 5.31. The second kappa shape index (κ2) is 8.43. The lowest BCUT2D eigenvalue weighted by atomic mass is 10.2. The average molecular weight is 366 g/mol. The predicted octanol–water partition coefficient (Wildman–Crippen LogP) is 2.08. The number of rotatable bonds is 6. The first-order valence-electron chi connectivity index (χ1n) is 9.78. The summed E-state index contributed by atoms with van der Waals surface area (Å²) >= 11 is 0. The molecule has 2 aromatic heterocycles. The van der Waals surface area contributed by atoms with E-state index in [0.717, 1.165) is 43.6 Å². The molecule has 2 unspecified atom stereocenters. The fourth-order valence-corrected chi connectivity index (χ4v) is 3.95. The third-order valence-corrected chi connectivity index (χ3v) is 5.31. The molecule has 1 saturated heterocycles. The summed E-state index contributed by atoms with van der Waals surface area (Å²) in [5.41, 5.74) is 1.83. The van der Waals surface area contributed by atoms with Crippen LogP contribution in [-0.2, 0) is 4.79 Å². The normalized spacial score (nSPS) is 22.7. The van der Waals surface area contributed by atoms with E-state index < -0.39 is 0 Å². The van der Waals surface area contributed by atoms with Crippen LogP contribution >= 0.6 is 0 Å². The van der Waals surface area contributed by atoms with Gasteiger partial charge in [-0.05, 0) is 63.4 Å². The highest BCUT2D eigenvalue weighted by Gasteiger charge is 2.27. The summed E-state index contributed by atoms with van der Waals surface area (Å²) in [7, 11) is 0. The molecule has 0 aromatic carbocycles. The van der Waals surface area contributed by atoms with Gasteiger partial charge in [-0.25, -0.2) is 9.97 Å². The molecule has 7 nitrogen and oxygen atoms in total. The molecule has 2 atom stereocenters. The highest BCUT2D eigenvalue weighted by Crippen LogP contribution is 2.23. The van der Waals surface area contributed by atoms with E-state index >= 15 is 0 Å². The van der Waals surface area contributed by atoms with Gasteiger partial charge in [-0.1, -0.05) is 0 Å². The number of anilines is 1. The Hall–Kier alpha value is -2.54. The molecular formula is C20H26N6O. The number of hydrogen-bond donors (Lipinski definition) is 2. The third kappa shape index (κ3) is 4.80. The summed E-state index contributed by atoms with van der Waals surface area (Å²) in [6, 6.07) is 6.29. The van der Waals surface area contributed by atoms with Crippen molar-refractivity contribution in [2.24, 2.45) is 0 Å². The number of hydrogen-bond acceptors (Lipinski definition) is 6. The van der Waals surface area contributed by atoms with Crippen LogP contribution in [0.4, 0.5) is 5.95 Å². The standard InChI is InChI=1S/C20H26N6O/c27-19(14-26-10-1-2-11-26)23-16-5-6-17(12-16)24-20-22-9-7-18(25-20)15-4-3-8-21-13-15/h3-4,7-9,13,16-17H,1-2,5-6,10-12,14H2,(H,23,27)(H,22,24,25). The molecule has 7 heteroatoms. The highest BCUT2D eigenvalue weighted by molar-refractivity contribution is 5.78. The molecule has 27 heavy (non-hydrogen) atoms. The number of amides is 1. The van der Waals surface area contributed by atoms with Crippen LogP contribution in [0, 0.1) is 0 Å². The van der Waals surface area contributed by atoms with Gasteiger partial charge in [0.2, 0.25) is 11.9 Å². The van der Waals surface area contributed by atoms with E-state index in [2.05, 4.69) is 30.5 Å². The topological polar surface area (TPSA) is 83.0 Å². The van der Waals surface area contributed by atoms with Crippen LogP contribution < -0.4 is 10.6 Å². The maximum absolute atomic E-state index is 12.2. The number of nitrogens with zero attached hydrogens (tertiary/aromatic N) is 4. The average Bonchev–Trinajstić information content (AvgIpc) is 3.35. The van der Waals surface area contributed by atoms with E-state index in [9.17, 15) is 4.79 Å². The first-order valence-corrected chi connectivity index (χ1v) is 9.78. The van der Waals surface area contributed by atoms with Gasteiger partial charge in [0, 0.05) is 36.2 Å². The lowest BCUT2D eigenvalue weighted by Crippen LogP contribution is -2.40. The molecule has 1 amide bonds. The molecule has 0 spiro atoms. The monoisotopic (exact) mass is 366 g/mol. The van der Waals surface area contributed by atoms with Gasteiger partial charge < -0.3 is 10.6 Å². The molecule has 2 aliphatic rings. The van der Waals surface area contributed by atoms with Crippen LogP contribution in [0.5, 0.6) is 0 Å². The SMILES string of the molecule is O=C(CN1CCCC1)NC1CCC(Nc2nccc(-c3cccnc3)n2)C1. The Kier molecular flexibility index (Phi) is 5.58. The minimum atomic E-state index is 0.150. The zero-order chi connectivity index (χ0) is 18.5. The molecule has 2 fully saturated rings. The van der Waals surface area contributed by atoms with Crippen LogP contribution in [0.1, 0.15) is 32.1 Å². The van der Waals surface area contributed by atoms with Gasteiger partial charge in [0.05, 0.1) is 12.2 Å². The second-order valence-corrected chi connectivity index (χ2v) is 7.41. The molecular weight excluding hydrogens is 340 g/mol. The van der Waals surface area contributed by atoms with Crippen molar-refractivity contribution in [2.75, 3.05) is 25.0 Å². The van der Waals surface area contributed by atoms with Gasteiger partial charge in [0.25, 0.3) is 0 Å². The minimum Gasteiger partial charge on any atom is -0.352 e. The van der Waals surface area contributed by atoms with Crippen molar-refractivity contribution in [3.8, 4) is 11.3 Å². The van der Waals surface area contributed by atoms with Crippen LogP contribution in [0.15, 0.2) is 36.8 Å². The Morgan fingerprint density at radius 1 is 1.15 bits per heavy atom. The lowest BCUT2D eigenvalue weighted by molar-refractivity contribution is -0.122. The fraction of sp³-hybridized carbons (Fsp3) is 0.500. The van der Waals surface area contributed by atoms with Crippen molar-refractivity contribution < 1.29 is 4.79 Å². The number of nitrogens with one attached hydrogen (secondary N) is 2. The van der Waals surface area contributed by atoms with Gasteiger partial charge in [-0.3, -0.25) is 14.7 Å². The van der Waals surface area contributed by atoms with Crippen molar-refractivity contribution in [1.82, 2.24) is 25.2 Å². The van der Waals surface area contributed by atoms with Crippen molar-refractivity contribution in [1.29, 1.82) is 0 Å². The van der Waals surface area contributed by atoms with Gasteiger partial charge >= 0.3 is 0 Å². The Balaban J connectivity index is 1.29. The Labute approximate surface area is 159 Å². The number of likely N-dealkylation sites (tertiary alicyclic amines) is 1.